The van der Waals surface area contributed by atoms with E-state index in [-0.39, 0.29) is 24.3 Å². The summed E-state index contributed by atoms with van der Waals surface area (Å²) in [6.07, 6.45) is 1.75. The molecule has 0 bridgehead atoms. The van der Waals surface area contributed by atoms with E-state index in [2.05, 4.69) is 10.6 Å². The molecule has 5 nitrogen and oxygen atoms in total. The number of amides is 2. The first-order chi connectivity index (χ1) is 12.6. The molecule has 0 radical (unpaired) electrons. The van der Waals surface area contributed by atoms with E-state index in [0.717, 1.165) is 30.8 Å². The summed E-state index contributed by atoms with van der Waals surface area (Å²) >= 11 is 5.85. The molecule has 136 valence electrons. The zero-order valence-electron chi connectivity index (χ0n) is 14.5. The Morgan fingerprint density at radius 3 is 2.42 bits per heavy atom. The van der Waals surface area contributed by atoms with Crippen molar-refractivity contribution in [2.24, 2.45) is 5.92 Å². The second-order valence-corrected chi connectivity index (χ2v) is 6.92. The number of rotatable bonds is 5. The lowest BCUT2D eigenvalue weighted by Crippen LogP contribution is -2.43. The fourth-order valence-electron chi connectivity index (χ4n) is 3.12. The van der Waals surface area contributed by atoms with Gasteiger partial charge in [-0.3, -0.25) is 14.5 Å². The Bertz CT molecular complexity index is 749. The maximum Gasteiger partial charge on any atom is 0.238 e. The number of nitrogens with zero attached hydrogens (tertiary/aromatic N) is 1. The van der Waals surface area contributed by atoms with Crippen molar-refractivity contribution in [2.75, 3.05) is 30.3 Å². The standard InChI is InChI=1S/C20H22ClN3O2/c21-16-8-10-18(11-9-16)22-19(25)14-24-12-4-5-15(13-24)20(26)23-17-6-2-1-3-7-17/h1-3,6-11,15H,4-5,12-14H2,(H,22,25)(H,23,26). The van der Waals surface area contributed by atoms with E-state index in [9.17, 15) is 9.59 Å². The van der Waals surface area contributed by atoms with Crippen molar-refractivity contribution in [3.8, 4) is 0 Å². The molecule has 1 unspecified atom stereocenters. The number of carbonyl (C=O) groups is 2. The van der Waals surface area contributed by atoms with Gasteiger partial charge < -0.3 is 10.6 Å². The van der Waals surface area contributed by atoms with E-state index in [1.54, 1.807) is 24.3 Å². The number of halogens is 1. The number of carbonyl (C=O) groups excluding carboxylic acids is 2. The maximum atomic E-state index is 12.5. The van der Waals surface area contributed by atoms with Crippen LogP contribution in [0.5, 0.6) is 0 Å². The Morgan fingerprint density at radius 1 is 1.00 bits per heavy atom. The SMILES string of the molecule is O=C(CN1CCCC(C(=O)Nc2ccccc2)C1)Nc1ccc(Cl)cc1. The number of hydrogen-bond acceptors (Lipinski definition) is 3. The highest BCUT2D eigenvalue weighted by atomic mass is 35.5. The van der Waals surface area contributed by atoms with Crippen LogP contribution in [0.4, 0.5) is 11.4 Å². The second-order valence-electron chi connectivity index (χ2n) is 6.48. The number of piperidine rings is 1. The molecule has 1 heterocycles. The third-order valence-corrected chi connectivity index (χ3v) is 4.66. The third-order valence-electron chi connectivity index (χ3n) is 4.41. The summed E-state index contributed by atoms with van der Waals surface area (Å²) in [7, 11) is 0. The molecule has 1 saturated heterocycles. The molecule has 1 atom stereocenters. The number of para-hydroxylation sites is 1. The van der Waals surface area contributed by atoms with Gasteiger partial charge in [0.15, 0.2) is 0 Å². The second kappa shape index (κ2) is 8.83. The smallest absolute Gasteiger partial charge is 0.238 e. The van der Waals surface area contributed by atoms with Crippen molar-refractivity contribution in [1.29, 1.82) is 0 Å². The van der Waals surface area contributed by atoms with Gasteiger partial charge in [0.1, 0.15) is 0 Å². The van der Waals surface area contributed by atoms with E-state index < -0.39 is 0 Å². The van der Waals surface area contributed by atoms with Gasteiger partial charge in [-0.25, -0.2) is 0 Å². The normalized spacial score (nSPS) is 17.5. The van der Waals surface area contributed by atoms with Gasteiger partial charge in [-0.2, -0.15) is 0 Å². The summed E-state index contributed by atoms with van der Waals surface area (Å²) in [6, 6.07) is 16.5. The van der Waals surface area contributed by atoms with Crippen molar-refractivity contribution in [2.45, 2.75) is 12.8 Å². The topological polar surface area (TPSA) is 61.4 Å². The number of anilines is 2. The minimum atomic E-state index is -0.104. The van der Waals surface area contributed by atoms with Crippen molar-refractivity contribution >= 4 is 34.8 Å². The molecule has 2 N–H and O–H groups in total. The zero-order valence-corrected chi connectivity index (χ0v) is 15.2. The molecule has 2 aromatic carbocycles. The van der Waals surface area contributed by atoms with Crippen LogP contribution in [0.25, 0.3) is 0 Å². The highest BCUT2D eigenvalue weighted by Crippen LogP contribution is 2.19. The summed E-state index contributed by atoms with van der Waals surface area (Å²) < 4.78 is 0. The summed E-state index contributed by atoms with van der Waals surface area (Å²) in [5.74, 6) is -0.178. The Kier molecular flexibility index (Phi) is 6.26. The van der Waals surface area contributed by atoms with Crippen LogP contribution >= 0.6 is 11.6 Å². The number of likely N-dealkylation sites (tertiary alicyclic amines) is 1. The highest BCUT2D eigenvalue weighted by molar-refractivity contribution is 6.30. The highest BCUT2D eigenvalue weighted by Gasteiger charge is 2.26. The summed E-state index contributed by atoms with van der Waals surface area (Å²) in [5, 5.41) is 6.44. The van der Waals surface area contributed by atoms with Crippen LogP contribution in [-0.2, 0) is 9.59 Å². The number of nitrogens with one attached hydrogen (secondary N) is 2. The van der Waals surface area contributed by atoms with Gasteiger partial charge in [0.25, 0.3) is 0 Å². The van der Waals surface area contributed by atoms with E-state index in [4.69, 9.17) is 11.6 Å². The molecule has 3 rings (SSSR count). The average molecular weight is 372 g/mol. The number of benzene rings is 2. The van der Waals surface area contributed by atoms with Crippen LogP contribution in [0.2, 0.25) is 5.02 Å². The minimum absolute atomic E-state index is 0.0130. The van der Waals surface area contributed by atoms with Crippen molar-refractivity contribution < 1.29 is 9.59 Å². The summed E-state index contributed by atoms with van der Waals surface area (Å²) in [6.45, 7) is 1.69. The molecule has 6 heteroatoms. The van der Waals surface area contributed by atoms with Gasteiger partial charge in [-0.05, 0) is 55.8 Å². The predicted octanol–water partition coefficient (Wildman–Crippen LogP) is 3.63. The Labute approximate surface area is 158 Å². The monoisotopic (exact) mass is 371 g/mol. The van der Waals surface area contributed by atoms with E-state index in [1.807, 2.05) is 35.2 Å². The molecule has 26 heavy (non-hydrogen) atoms. The Morgan fingerprint density at radius 2 is 1.69 bits per heavy atom. The molecule has 0 spiro atoms. The van der Waals surface area contributed by atoms with Gasteiger partial charge in [-0.1, -0.05) is 29.8 Å². The van der Waals surface area contributed by atoms with Gasteiger partial charge in [0, 0.05) is 22.9 Å². The van der Waals surface area contributed by atoms with Crippen LogP contribution in [0, 0.1) is 5.92 Å². The van der Waals surface area contributed by atoms with E-state index in [0.29, 0.717) is 11.6 Å². The van der Waals surface area contributed by atoms with Crippen LogP contribution in [0.1, 0.15) is 12.8 Å². The van der Waals surface area contributed by atoms with Crippen LogP contribution < -0.4 is 10.6 Å². The Balaban J connectivity index is 1.50. The molecule has 2 amide bonds. The van der Waals surface area contributed by atoms with Crippen LogP contribution in [-0.4, -0.2) is 36.3 Å². The molecule has 0 aromatic heterocycles. The largest absolute Gasteiger partial charge is 0.326 e. The summed E-state index contributed by atoms with van der Waals surface area (Å²) in [4.78, 5) is 26.7. The Hall–Kier alpha value is -2.37. The van der Waals surface area contributed by atoms with Crippen molar-refractivity contribution in [3.63, 3.8) is 0 Å². The quantitative estimate of drug-likeness (QED) is 0.843. The zero-order chi connectivity index (χ0) is 18.4. The fourth-order valence-corrected chi connectivity index (χ4v) is 3.24. The van der Waals surface area contributed by atoms with E-state index in [1.165, 1.54) is 0 Å². The maximum absolute atomic E-state index is 12.5. The summed E-state index contributed by atoms with van der Waals surface area (Å²) in [5.41, 5.74) is 1.52. The van der Waals surface area contributed by atoms with Gasteiger partial charge >= 0.3 is 0 Å². The lowest BCUT2D eigenvalue weighted by molar-refractivity contribution is -0.123. The van der Waals surface area contributed by atoms with Gasteiger partial charge in [-0.15, -0.1) is 0 Å². The van der Waals surface area contributed by atoms with Gasteiger partial charge in [0.2, 0.25) is 11.8 Å². The van der Waals surface area contributed by atoms with Crippen molar-refractivity contribution in [3.05, 3.63) is 59.6 Å². The minimum Gasteiger partial charge on any atom is -0.326 e. The fraction of sp³-hybridized carbons (Fsp3) is 0.300. The molecule has 1 aliphatic heterocycles. The van der Waals surface area contributed by atoms with Gasteiger partial charge in [0.05, 0.1) is 12.5 Å². The molecule has 0 aliphatic carbocycles. The molecular formula is C20H22ClN3O2. The molecular weight excluding hydrogens is 350 g/mol. The van der Waals surface area contributed by atoms with Crippen molar-refractivity contribution in [1.82, 2.24) is 4.90 Å². The van der Waals surface area contributed by atoms with Crippen LogP contribution in [0.15, 0.2) is 54.6 Å². The predicted molar refractivity (Wildman–Crippen MR) is 104 cm³/mol. The molecule has 1 fully saturated rings. The van der Waals surface area contributed by atoms with E-state index >= 15 is 0 Å². The lowest BCUT2D eigenvalue weighted by Gasteiger charge is -2.31. The molecule has 1 aliphatic rings. The first-order valence-electron chi connectivity index (χ1n) is 8.74. The molecule has 0 saturated carbocycles. The molecule has 2 aromatic rings. The number of hydrogen-bond donors (Lipinski definition) is 2. The average Bonchev–Trinajstić information content (AvgIpc) is 2.64. The third kappa shape index (κ3) is 5.31. The lowest BCUT2D eigenvalue weighted by atomic mass is 9.97. The first kappa shape index (κ1) is 18.4. The van der Waals surface area contributed by atoms with Crippen LogP contribution in [0.3, 0.4) is 0 Å². The first-order valence-corrected chi connectivity index (χ1v) is 9.11.